The average Bonchev–Trinajstić information content (AvgIpc) is 2.43. The van der Waals surface area contributed by atoms with Crippen LogP contribution in [0.2, 0.25) is 0 Å². The van der Waals surface area contributed by atoms with Crippen LogP contribution in [0, 0.1) is 13.8 Å². The molecular weight excluding hydrogens is 266 g/mol. The van der Waals surface area contributed by atoms with Crippen LogP contribution in [0.1, 0.15) is 16.8 Å². The highest BCUT2D eigenvalue weighted by molar-refractivity contribution is 5.90. The van der Waals surface area contributed by atoms with Gasteiger partial charge in [0.1, 0.15) is 6.54 Å². The van der Waals surface area contributed by atoms with Gasteiger partial charge in [0.2, 0.25) is 5.91 Å². The van der Waals surface area contributed by atoms with E-state index in [1.165, 1.54) is 4.57 Å². The minimum Gasteiger partial charge on any atom is -0.326 e. The summed E-state index contributed by atoms with van der Waals surface area (Å²) in [5.74, 6) is -0.236. The van der Waals surface area contributed by atoms with Gasteiger partial charge >= 0.3 is 0 Å². The van der Waals surface area contributed by atoms with E-state index in [-0.39, 0.29) is 24.6 Å². The molecule has 1 heterocycles. The molecule has 0 fully saturated rings. The summed E-state index contributed by atoms with van der Waals surface area (Å²) >= 11 is 0. The Morgan fingerprint density at radius 1 is 1.24 bits per heavy atom. The van der Waals surface area contributed by atoms with Gasteiger partial charge in [-0.15, -0.1) is 0 Å². The number of carbonyl (C=O) groups excluding carboxylic acids is 1. The van der Waals surface area contributed by atoms with Crippen LogP contribution in [0.4, 0.5) is 5.69 Å². The maximum absolute atomic E-state index is 12.2. The van der Waals surface area contributed by atoms with E-state index in [9.17, 15) is 9.59 Å². The number of pyridine rings is 1. The lowest BCUT2D eigenvalue weighted by Gasteiger charge is -2.12. The molecule has 3 N–H and O–H groups in total. The molecule has 0 atom stereocenters. The van der Waals surface area contributed by atoms with Gasteiger partial charge in [0.05, 0.1) is 0 Å². The Balaban J connectivity index is 2.18. The van der Waals surface area contributed by atoms with Crippen molar-refractivity contribution in [1.29, 1.82) is 0 Å². The van der Waals surface area contributed by atoms with Crippen LogP contribution in [0.25, 0.3) is 0 Å². The predicted molar refractivity (Wildman–Crippen MR) is 83.1 cm³/mol. The highest BCUT2D eigenvalue weighted by Gasteiger charge is 2.10. The number of carbonyl (C=O) groups is 1. The summed E-state index contributed by atoms with van der Waals surface area (Å²) in [6.07, 6.45) is 0. The number of hydrogen-bond acceptors (Lipinski definition) is 3. The molecule has 5 heteroatoms. The smallest absolute Gasteiger partial charge is 0.255 e. The third-order valence-electron chi connectivity index (χ3n) is 3.29. The third-order valence-corrected chi connectivity index (χ3v) is 3.29. The van der Waals surface area contributed by atoms with Crippen LogP contribution in [0.15, 0.2) is 41.2 Å². The fourth-order valence-electron chi connectivity index (χ4n) is 2.13. The molecule has 0 unspecified atom stereocenters. The predicted octanol–water partition coefficient (Wildman–Crippen LogP) is 1.56. The van der Waals surface area contributed by atoms with Gasteiger partial charge in [-0.05, 0) is 37.6 Å². The van der Waals surface area contributed by atoms with E-state index in [1.807, 2.05) is 31.2 Å². The van der Waals surface area contributed by atoms with Crippen molar-refractivity contribution in [1.82, 2.24) is 4.57 Å². The van der Waals surface area contributed by atoms with Crippen LogP contribution < -0.4 is 16.6 Å². The number of benzene rings is 1. The normalized spacial score (nSPS) is 10.4. The van der Waals surface area contributed by atoms with E-state index in [0.717, 1.165) is 16.9 Å². The van der Waals surface area contributed by atoms with E-state index in [0.29, 0.717) is 5.56 Å². The molecule has 1 aromatic carbocycles. The second-order valence-electron chi connectivity index (χ2n) is 5.01. The summed E-state index contributed by atoms with van der Waals surface area (Å²) in [5.41, 5.74) is 8.34. The number of hydrogen-bond donors (Lipinski definition) is 2. The standard InChI is InChI=1S/C16H19N3O2/c1-11-4-3-5-14(8-11)18-15(20)10-19-12(2)6-7-13(9-17)16(19)21/h3-8H,9-10,17H2,1-2H3,(H,18,20). The molecule has 21 heavy (non-hydrogen) atoms. The summed E-state index contributed by atoms with van der Waals surface area (Å²) in [5, 5.41) is 2.79. The van der Waals surface area contributed by atoms with Crippen molar-refractivity contribution < 1.29 is 4.79 Å². The molecule has 0 bridgehead atoms. The molecule has 0 aliphatic carbocycles. The van der Waals surface area contributed by atoms with E-state index < -0.39 is 0 Å². The van der Waals surface area contributed by atoms with Gasteiger partial charge in [-0.1, -0.05) is 18.2 Å². The van der Waals surface area contributed by atoms with E-state index in [4.69, 9.17) is 5.73 Å². The van der Waals surface area contributed by atoms with Gasteiger partial charge in [0, 0.05) is 23.5 Å². The van der Waals surface area contributed by atoms with Crippen molar-refractivity contribution in [2.45, 2.75) is 26.9 Å². The van der Waals surface area contributed by atoms with E-state index >= 15 is 0 Å². The van der Waals surface area contributed by atoms with Gasteiger partial charge in [-0.3, -0.25) is 9.59 Å². The lowest BCUT2D eigenvalue weighted by atomic mass is 10.2. The van der Waals surface area contributed by atoms with Crippen molar-refractivity contribution in [3.8, 4) is 0 Å². The van der Waals surface area contributed by atoms with E-state index in [1.54, 1.807) is 19.1 Å². The molecule has 1 aromatic heterocycles. The highest BCUT2D eigenvalue weighted by Crippen LogP contribution is 2.09. The van der Waals surface area contributed by atoms with Gasteiger partial charge in [-0.25, -0.2) is 0 Å². The largest absolute Gasteiger partial charge is 0.326 e. The Morgan fingerprint density at radius 3 is 2.67 bits per heavy atom. The van der Waals surface area contributed by atoms with Gasteiger partial charge in [0.25, 0.3) is 5.56 Å². The fraction of sp³-hybridized carbons (Fsp3) is 0.250. The molecule has 0 saturated heterocycles. The fourth-order valence-corrected chi connectivity index (χ4v) is 2.13. The number of anilines is 1. The van der Waals surface area contributed by atoms with Crippen LogP contribution in [0.3, 0.4) is 0 Å². The van der Waals surface area contributed by atoms with Crippen LogP contribution in [0.5, 0.6) is 0 Å². The molecule has 2 aromatic rings. The van der Waals surface area contributed by atoms with Crippen LogP contribution >= 0.6 is 0 Å². The Morgan fingerprint density at radius 2 is 2.00 bits per heavy atom. The molecule has 1 amide bonds. The zero-order valence-corrected chi connectivity index (χ0v) is 12.2. The van der Waals surface area contributed by atoms with Crippen molar-refractivity contribution in [2.24, 2.45) is 5.73 Å². The summed E-state index contributed by atoms with van der Waals surface area (Å²) in [4.78, 5) is 24.3. The zero-order valence-electron chi connectivity index (χ0n) is 12.2. The van der Waals surface area contributed by atoms with Gasteiger partial charge < -0.3 is 15.6 Å². The topological polar surface area (TPSA) is 77.1 Å². The first kappa shape index (κ1) is 15.0. The molecule has 0 radical (unpaired) electrons. The molecule has 0 spiro atoms. The summed E-state index contributed by atoms with van der Waals surface area (Å²) in [6.45, 7) is 3.89. The van der Waals surface area contributed by atoms with Crippen molar-refractivity contribution in [2.75, 3.05) is 5.32 Å². The molecule has 0 aliphatic heterocycles. The maximum Gasteiger partial charge on any atom is 0.255 e. The second-order valence-corrected chi connectivity index (χ2v) is 5.01. The van der Waals surface area contributed by atoms with Crippen molar-refractivity contribution >= 4 is 11.6 Å². The average molecular weight is 285 g/mol. The highest BCUT2D eigenvalue weighted by atomic mass is 16.2. The Kier molecular flexibility index (Phi) is 4.55. The monoisotopic (exact) mass is 285 g/mol. The zero-order chi connectivity index (χ0) is 15.4. The summed E-state index contributed by atoms with van der Waals surface area (Å²) in [6, 6.07) is 11.0. The first-order valence-electron chi connectivity index (χ1n) is 6.77. The molecule has 110 valence electrons. The lowest BCUT2D eigenvalue weighted by molar-refractivity contribution is -0.116. The number of rotatable bonds is 4. The van der Waals surface area contributed by atoms with Gasteiger partial charge in [0.15, 0.2) is 0 Å². The van der Waals surface area contributed by atoms with Crippen LogP contribution in [-0.4, -0.2) is 10.5 Å². The first-order chi connectivity index (χ1) is 10.0. The van der Waals surface area contributed by atoms with Crippen molar-refractivity contribution in [3.05, 3.63) is 63.6 Å². The number of aryl methyl sites for hydroxylation is 2. The summed E-state index contributed by atoms with van der Waals surface area (Å²) < 4.78 is 1.44. The number of aromatic nitrogens is 1. The Labute approximate surface area is 123 Å². The van der Waals surface area contributed by atoms with Crippen molar-refractivity contribution in [3.63, 3.8) is 0 Å². The number of nitrogens with one attached hydrogen (secondary N) is 1. The Bertz CT molecular complexity index is 720. The minimum atomic E-state index is -0.236. The number of amides is 1. The van der Waals surface area contributed by atoms with Crippen LogP contribution in [-0.2, 0) is 17.9 Å². The Hall–Kier alpha value is -2.40. The molecule has 2 rings (SSSR count). The minimum absolute atomic E-state index is 0.0214. The first-order valence-corrected chi connectivity index (χ1v) is 6.77. The van der Waals surface area contributed by atoms with E-state index in [2.05, 4.69) is 5.32 Å². The maximum atomic E-state index is 12.2. The molecule has 0 aliphatic rings. The number of nitrogens with two attached hydrogens (primary N) is 1. The van der Waals surface area contributed by atoms with Gasteiger partial charge in [-0.2, -0.15) is 0 Å². The molecule has 5 nitrogen and oxygen atoms in total. The number of nitrogens with zero attached hydrogens (tertiary/aromatic N) is 1. The second kappa shape index (κ2) is 6.37. The SMILES string of the molecule is Cc1cccc(NC(=O)Cn2c(C)ccc(CN)c2=O)c1. The quantitative estimate of drug-likeness (QED) is 0.895. The summed E-state index contributed by atoms with van der Waals surface area (Å²) in [7, 11) is 0. The molecular formula is C16H19N3O2. The molecule has 0 saturated carbocycles. The lowest BCUT2D eigenvalue weighted by Crippen LogP contribution is -2.31. The third kappa shape index (κ3) is 3.58.